The highest BCUT2D eigenvalue weighted by atomic mass is 16.5. The molecule has 3 aromatic rings. The molecule has 5 heteroatoms. The lowest BCUT2D eigenvalue weighted by Gasteiger charge is -2.09. The zero-order valence-electron chi connectivity index (χ0n) is 14.5. The zero-order chi connectivity index (χ0) is 19.2. The third-order valence-electron chi connectivity index (χ3n) is 3.91. The van der Waals surface area contributed by atoms with Crippen molar-refractivity contribution in [3.63, 3.8) is 0 Å². The lowest BCUT2D eigenvalue weighted by atomic mass is 9.98. The predicted molar refractivity (Wildman–Crippen MR) is 99.1 cm³/mol. The lowest BCUT2D eigenvalue weighted by molar-refractivity contribution is 0.0600. The predicted octanol–water partition coefficient (Wildman–Crippen LogP) is 3.92. The summed E-state index contributed by atoms with van der Waals surface area (Å²) in [6, 6.07) is 21.2. The Kier molecular flexibility index (Phi) is 5.42. The number of ketones is 1. The van der Waals surface area contributed by atoms with Crippen molar-refractivity contribution in [1.29, 1.82) is 0 Å². The van der Waals surface area contributed by atoms with Crippen LogP contribution in [0.25, 0.3) is 0 Å². The highest BCUT2D eigenvalue weighted by Crippen LogP contribution is 2.19. The maximum atomic E-state index is 12.7. The SMILES string of the molecule is COC(=O)c1ccc(OC(=O)c2ccccc2C(=O)c2ccccc2)cc1. The van der Waals surface area contributed by atoms with Crippen molar-refractivity contribution in [3.05, 3.63) is 101 Å². The molecule has 0 bridgehead atoms. The van der Waals surface area contributed by atoms with Gasteiger partial charge in [0.05, 0.1) is 18.2 Å². The number of carbonyl (C=O) groups is 3. The first-order valence-corrected chi connectivity index (χ1v) is 8.19. The Bertz CT molecular complexity index is 975. The summed E-state index contributed by atoms with van der Waals surface area (Å²) in [6.07, 6.45) is 0. The number of esters is 2. The van der Waals surface area contributed by atoms with Crippen molar-refractivity contribution in [2.24, 2.45) is 0 Å². The van der Waals surface area contributed by atoms with Gasteiger partial charge < -0.3 is 9.47 Å². The minimum Gasteiger partial charge on any atom is -0.465 e. The van der Waals surface area contributed by atoms with Crippen LogP contribution in [-0.4, -0.2) is 24.8 Å². The maximum absolute atomic E-state index is 12.7. The van der Waals surface area contributed by atoms with Gasteiger partial charge in [0.1, 0.15) is 5.75 Å². The van der Waals surface area contributed by atoms with E-state index in [1.807, 2.05) is 6.07 Å². The lowest BCUT2D eigenvalue weighted by Crippen LogP contribution is -2.15. The van der Waals surface area contributed by atoms with Crippen LogP contribution in [0.15, 0.2) is 78.9 Å². The molecule has 0 saturated heterocycles. The van der Waals surface area contributed by atoms with Gasteiger partial charge in [0.25, 0.3) is 0 Å². The Morgan fingerprint density at radius 1 is 0.630 bits per heavy atom. The summed E-state index contributed by atoms with van der Waals surface area (Å²) in [5, 5.41) is 0. The van der Waals surface area contributed by atoms with E-state index in [0.717, 1.165) is 0 Å². The van der Waals surface area contributed by atoms with Gasteiger partial charge in [-0.1, -0.05) is 48.5 Å². The largest absolute Gasteiger partial charge is 0.465 e. The standard InChI is InChI=1S/C22H16O5/c1-26-21(24)16-11-13-17(14-12-16)27-22(25)19-10-6-5-9-18(19)20(23)15-7-3-2-4-8-15/h2-14H,1H3. The van der Waals surface area contributed by atoms with Crippen LogP contribution < -0.4 is 4.74 Å². The van der Waals surface area contributed by atoms with E-state index in [2.05, 4.69) is 4.74 Å². The highest BCUT2D eigenvalue weighted by Gasteiger charge is 2.19. The first-order chi connectivity index (χ1) is 13.1. The van der Waals surface area contributed by atoms with E-state index in [1.165, 1.54) is 31.4 Å². The molecule has 0 fully saturated rings. The number of benzene rings is 3. The van der Waals surface area contributed by atoms with Crippen molar-refractivity contribution in [2.75, 3.05) is 7.11 Å². The van der Waals surface area contributed by atoms with Gasteiger partial charge in [-0.25, -0.2) is 9.59 Å². The third kappa shape index (κ3) is 4.10. The normalized spacial score (nSPS) is 10.1. The Labute approximate surface area is 156 Å². The van der Waals surface area contributed by atoms with Gasteiger partial charge in [-0.3, -0.25) is 4.79 Å². The Morgan fingerprint density at radius 3 is 1.85 bits per heavy atom. The summed E-state index contributed by atoms with van der Waals surface area (Å²) < 4.78 is 9.98. The topological polar surface area (TPSA) is 69.7 Å². The number of hydrogen-bond donors (Lipinski definition) is 0. The number of hydrogen-bond acceptors (Lipinski definition) is 5. The Morgan fingerprint density at radius 2 is 1.22 bits per heavy atom. The first-order valence-electron chi connectivity index (χ1n) is 8.19. The molecule has 134 valence electrons. The van der Waals surface area contributed by atoms with Gasteiger partial charge in [-0.15, -0.1) is 0 Å². The monoisotopic (exact) mass is 360 g/mol. The Hall–Kier alpha value is -3.73. The molecule has 0 heterocycles. The molecular formula is C22H16O5. The van der Waals surface area contributed by atoms with Crippen molar-refractivity contribution < 1.29 is 23.9 Å². The molecule has 3 rings (SSSR count). The molecule has 0 spiro atoms. The fourth-order valence-corrected chi connectivity index (χ4v) is 2.54. The molecule has 0 amide bonds. The van der Waals surface area contributed by atoms with Gasteiger partial charge >= 0.3 is 11.9 Å². The summed E-state index contributed by atoms with van der Waals surface area (Å²) in [5.74, 6) is -1.13. The van der Waals surface area contributed by atoms with Crippen LogP contribution in [0.3, 0.4) is 0 Å². The first kappa shape index (κ1) is 18.1. The van der Waals surface area contributed by atoms with Crippen molar-refractivity contribution in [3.8, 4) is 5.75 Å². The Balaban J connectivity index is 1.83. The minimum absolute atomic E-state index is 0.170. The summed E-state index contributed by atoms with van der Waals surface area (Å²) in [4.78, 5) is 36.8. The number of ether oxygens (including phenoxy) is 2. The molecule has 3 aromatic carbocycles. The number of rotatable bonds is 5. The average molecular weight is 360 g/mol. The summed E-state index contributed by atoms with van der Waals surface area (Å²) in [7, 11) is 1.29. The van der Waals surface area contributed by atoms with Crippen LogP contribution >= 0.6 is 0 Å². The van der Waals surface area contributed by atoms with Crippen LogP contribution in [0, 0.1) is 0 Å². The van der Waals surface area contributed by atoms with Crippen LogP contribution in [0.5, 0.6) is 5.75 Å². The van der Waals surface area contributed by atoms with Gasteiger partial charge in [-0.2, -0.15) is 0 Å². The molecular weight excluding hydrogens is 344 g/mol. The van der Waals surface area contributed by atoms with E-state index in [4.69, 9.17) is 4.74 Å². The summed E-state index contributed by atoms with van der Waals surface area (Å²) in [5.41, 5.74) is 1.26. The molecule has 0 aliphatic carbocycles. The van der Waals surface area contributed by atoms with E-state index in [1.54, 1.807) is 48.5 Å². The minimum atomic E-state index is -0.652. The van der Waals surface area contributed by atoms with Gasteiger partial charge in [0, 0.05) is 11.1 Å². The second-order valence-electron chi connectivity index (χ2n) is 5.65. The maximum Gasteiger partial charge on any atom is 0.344 e. The number of carbonyl (C=O) groups excluding carboxylic acids is 3. The average Bonchev–Trinajstić information content (AvgIpc) is 2.73. The molecule has 0 aromatic heterocycles. The van der Waals surface area contributed by atoms with Crippen LogP contribution in [0.4, 0.5) is 0 Å². The van der Waals surface area contributed by atoms with E-state index >= 15 is 0 Å². The molecule has 0 aliphatic rings. The van der Waals surface area contributed by atoms with Crippen molar-refractivity contribution >= 4 is 17.7 Å². The molecule has 0 saturated carbocycles. The fourth-order valence-electron chi connectivity index (χ4n) is 2.54. The quantitative estimate of drug-likeness (QED) is 0.392. The highest BCUT2D eigenvalue weighted by molar-refractivity contribution is 6.14. The van der Waals surface area contributed by atoms with Gasteiger partial charge in [0.2, 0.25) is 0 Å². The number of methoxy groups -OCH3 is 1. The molecule has 0 aliphatic heterocycles. The van der Waals surface area contributed by atoms with Crippen molar-refractivity contribution in [2.45, 2.75) is 0 Å². The fraction of sp³-hybridized carbons (Fsp3) is 0.0455. The van der Waals surface area contributed by atoms with Crippen molar-refractivity contribution in [1.82, 2.24) is 0 Å². The third-order valence-corrected chi connectivity index (χ3v) is 3.91. The van der Waals surface area contributed by atoms with E-state index in [0.29, 0.717) is 11.1 Å². The molecule has 0 unspecified atom stereocenters. The van der Waals surface area contributed by atoms with E-state index in [-0.39, 0.29) is 22.7 Å². The summed E-state index contributed by atoms with van der Waals surface area (Å²) >= 11 is 0. The van der Waals surface area contributed by atoms with Gasteiger partial charge in [-0.05, 0) is 30.3 Å². The van der Waals surface area contributed by atoms with E-state index < -0.39 is 11.9 Å². The zero-order valence-corrected chi connectivity index (χ0v) is 14.5. The molecule has 27 heavy (non-hydrogen) atoms. The second kappa shape index (κ2) is 8.10. The smallest absolute Gasteiger partial charge is 0.344 e. The van der Waals surface area contributed by atoms with Crippen LogP contribution in [-0.2, 0) is 4.74 Å². The molecule has 0 N–H and O–H groups in total. The van der Waals surface area contributed by atoms with Crippen LogP contribution in [0.2, 0.25) is 0 Å². The van der Waals surface area contributed by atoms with E-state index in [9.17, 15) is 14.4 Å². The summed E-state index contributed by atoms with van der Waals surface area (Å²) in [6.45, 7) is 0. The molecule has 0 radical (unpaired) electrons. The van der Waals surface area contributed by atoms with Gasteiger partial charge in [0.15, 0.2) is 5.78 Å². The second-order valence-corrected chi connectivity index (χ2v) is 5.65. The molecule has 5 nitrogen and oxygen atoms in total. The molecule has 0 atom stereocenters. The van der Waals surface area contributed by atoms with Crippen LogP contribution in [0.1, 0.15) is 36.6 Å².